The van der Waals surface area contributed by atoms with Gasteiger partial charge in [-0.2, -0.15) is 0 Å². The SMILES string of the molecule is CC(C)(C)OC(=O)Nc1ccc2c(c1)CC(C(C)(C)O)O2. The Bertz CT molecular complexity index is 540. The van der Waals surface area contributed by atoms with Crippen molar-refractivity contribution >= 4 is 11.8 Å². The van der Waals surface area contributed by atoms with Crippen LogP contribution >= 0.6 is 0 Å². The van der Waals surface area contributed by atoms with Gasteiger partial charge in [0.1, 0.15) is 17.5 Å². The number of carbonyl (C=O) groups excluding carboxylic acids is 1. The molecule has 0 aliphatic carbocycles. The third-order valence-electron chi connectivity index (χ3n) is 3.17. The van der Waals surface area contributed by atoms with Crippen LogP contribution in [-0.4, -0.2) is 28.5 Å². The number of carbonyl (C=O) groups is 1. The van der Waals surface area contributed by atoms with E-state index in [2.05, 4.69) is 5.32 Å². The largest absolute Gasteiger partial charge is 0.487 e. The minimum Gasteiger partial charge on any atom is -0.487 e. The summed E-state index contributed by atoms with van der Waals surface area (Å²) in [7, 11) is 0. The second-order valence-electron chi connectivity index (χ2n) is 6.91. The fraction of sp³-hybridized carbons (Fsp3) is 0.562. The number of ether oxygens (including phenoxy) is 2. The molecule has 1 aromatic rings. The van der Waals surface area contributed by atoms with Gasteiger partial charge >= 0.3 is 6.09 Å². The molecule has 5 nitrogen and oxygen atoms in total. The van der Waals surface area contributed by atoms with Crippen molar-refractivity contribution < 1.29 is 19.4 Å². The van der Waals surface area contributed by atoms with Gasteiger partial charge in [-0.3, -0.25) is 5.32 Å². The highest BCUT2D eigenvalue weighted by Gasteiger charge is 2.34. The van der Waals surface area contributed by atoms with E-state index in [1.807, 2.05) is 26.8 Å². The van der Waals surface area contributed by atoms with Crippen LogP contribution in [0.15, 0.2) is 18.2 Å². The summed E-state index contributed by atoms with van der Waals surface area (Å²) >= 11 is 0. The van der Waals surface area contributed by atoms with Crippen LogP contribution in [0.4, 0.5) is 10.5 Å². The molecule has 116 valence electrons. The fourth-order valence-electron chi connectivity index (χ4n) is 2.14. The highest BCUT2D eigenvalue weighted by molar-refractivity contribution is 5.85. The molecular weight excluding hydrogens is 270 g/mol. The molecule has 1 aromatic carbocycles. The number of anilines is 1. The van der Waals surface area contributed by atoms with Crippen LogP contribution in [0.3, 0.4) is 0 Å². The van der Waals surface area contributed by atoms with Crippen molar-refractivity contribution in [1.29, 1.82) is 0 Å². The Kier molecular flexibility index (Phi) is 3.89. The molecule has 0 radical (unpaired) electrons. The number of rotatable bonds is 2. The molecular formula is C16H23NO4. The molecule has 21 heavy (non-hydrogen) atoms. The molecule has 2 N–H and O–H groups in total. The summed E-state index contributed by atoms with van der Waals surface area (Å²) < 4.78 is 10.9. The van der Waals surface area contributed by atoms with E-state index in [1.165, 1.54) is 0 Å². The molecule has 0 bridgehead atoms. The first-order chi connectivity index (χ1) is 9.54. The molecule has 1 amide bonds. The highest BCUT2D eigenvalue weighted by atomic mass is 16.6. The van der Waals surface area contributed by atoms with Crippen LogP contribution in [-0.2, 0) is 11.2 Å². The van der Waals surface area contributed by atoms with Gasteiger partial charge < -0.3 is 14.6 Å². The Labute approximate surface area is 125 Å². The Morgan fingerprint density at radius 2 is 2.00 bits per heavy atom. The number of benzene rings is 1. The summed E-state index contributed by atoms with van der Waals surface area (Å²) in [5, 5.41) is 12.7. The molecule has 0 aromatic heterocycles. The van der Waals surface area contributed by atoms with Gasteiger partial charge in [0.05, 0.1) is 5.60 Å². The van der Waals surface area contributed by atoms with Gasteiger partial charge in [0.25, 0.3) is 0 Å². The summed E-state index contributed by atoms with van der Waals surface area (Å²) in [4.78, 5) is 11.7. The van der Waals surface area contributed by atoms with Crippen LogP contribution in [0, 0.1) is 0 Å². The van der Waals surface area contributed by atoms with Crippen molar-refractivity contribution in [2.24, 2.45) is 0 Å². The van der Waals surface area contributed by atoms with Crippen LogP contribution < -0.4 is 10.1 Å². The maximum atomic E-state index is 11.7. The zero-order chi connectivity index (χ0) is 15.8. The number of hydrogen-bond donors (Lipinski definition) is 2. The second-order valence-corrected chi connectivity index (χ2v) is 6.91. The maximum Gasteiger partial charge on any atom is 0.412 e. The number of aliphatic hydroxyl groups is 1. The van der Waals surface area contributed by atoms with Crippen molar-refractivity contribution in [3.05, 3.63) is 23.8 Å². The standard InChI is InChI=1S/C16H23NO4/c1-15(2,3)21-14(18)17-11-6-7-12-10(8-11)9-13(20-12)16(4,5)19/h6-8,13,19H,9H2,1-5H3,(H,17,18). The van der Waals surface area contributed by atoms with Gasteiger partial charge in [-0.05, 0) is 58.4 Å². The maximum absolute atomic E-state index is 11.7. The van der Waals surface area contributed by atoms with Crippen molar-refractivity contribution in [2.45, 2.75) is 58.3 Å². The topological polar surface area (TPSA) is 67.8 Å². The Morgan fingerprint density at radius 3 is 2.57 bits per heavy atom. The summed E-state index contributed by atoms with van der Waals surface area (Å²) in [5.74, 6) is 0.747. The lowest BCUT2D eigenvalue weighted by Crippen LogP contribution is -2.39. The smallest absolute Gasteiger partial charge is 0.412 e. The summed E-state index contributed by atoms with van der Waals surface area (Å²) in [6.45, 7) is 8.90. The van der Waals surface area contributed by atoms with E-state index in [0.717, 1.165) is 11.3 Å². The fourth-order valence-corrected chi connectivity index (χ4v) is 2.14. The first-order valence-electron chi connectivity index (χ1n) is 7.06. The molecule has 1 aliphatic rings. The van der Waals surface area contributed by atoms with Crippen LogP contribution in [0.2, 0.25) is 0 Å². The molecule has 2 rings (SSSR count). The van der Waals surface area contributed by atoms with Crippen LogP contribution in [0.25, 0.3) is 0 Å². The second kappa shape index (κ2) is 5.22. The Balaban J connectivity index is 2.06. The molecule has 1 unspecified atom stereocenters. The van der Waals surface area contributed by atoms with Crippen molar-refractivity contribution in [2.75, 3.05) is 5.32 Å². The minimum absolute atomic E-state index is 0.274. The normalized spacial score (nSPS) is 17.9. The average Bonchev–Trinajstić information content (AvgIpc) is 2.68. The summed E-state index contributed by atoms with van der Waals surface area (Å²) in [5.41, 5.74) is 0.187. The summed E-state index contributed by atoms with van der Waals surface area (Å²) in [6, 6.07) is 5.41. The van der Waals surface area contributed by atoms with E-state index in [9.17, 15) is 9.90 Å². The monoisotopic (exact) mass is 293 g/mol. The predicted octanol–water partition coefficient (Wildman–Crippen LogP) is 3.11. The highest BCUT2D eigenvalue weighted by Crippen LogP contribution is 2.34. The van der Waals surface area contributed by atoms with Crippen molar-refractivity contribution in [1.82, 2.24) is 0 Å². The Morgan fingerprint density at radius 1 is 1.33 bits per heavy atom. The third kappa shape index (κ3) is 4.11. The molecule has 1 heterocycles. The lowest BCUT2D eigenvalue weighted by atomic mass is 9.97. The van der Waals surface area contributed by atoms with Gasteiger partial charge in [0, 0.05) is 12.1 Å². The van der Waals surface area contributed by atoms with Crippen molar-refractivity contribution in [3.8, 4) is 5.75 Å². The van der Waals surface area contributed by atoms with E-state index >= 15 is 0 Å². The van der Waals surface area contributed by atoms with Crippen LogP contribution in [0.1, 0.15) is 40.2 Å². The van der Waals surface area contributed by atoms with Gasteiger partial charge in [-0.1, -0.05) is 0 Å². The number of nitrogens with one attached hydrogen (secondary N) is 1. The van der Waals surface area contributed by atoms with Gasteiger partial charge in [-0.25, -0.2) is 4.79 Å². The molecule has 5 heteroatoms. The molecule has 0 spiro atoms. The molecule has 1 aliphatic heterocycles. The predicted molar refractivity (Wildman–Crippen MR) is 80.7 cm³/mol. The first kappa shape index (κ1) is 15.6. The average molecular weight is 293 g/mol. The zero-order valence-corrected chi connectivity index (χ0v) is 13.2. The molecule has 0 saturated carbocycles. The van der Waals surface area contributed by atoms with Gasteiger partial charge in [-0.15, -0.1) is 0 Å². The van der Waals surface area contributed by atoms with E-state index in [1.54, 1.807) is 26.0 Å². The summed E-state index contributed by atoms with van der Waals surface area (Å²) in [6.07, 6.45) is -0.146. The van der Waals surface area contributed by atoms with E-state index < -0.39 is 17.3 Å². The Hall–Kier alpha value is -1.75. The third-order valence-corrected chi connectivity index (χ3v) is 3.17. The molecule has 1 atom stereocenters. The quantitative estimate of drug-likeness (QED) is 0.879. The van der Waals surface area contributed by atoms with E-state index in [0.29, 0.717) is 12.1 Å². The lowest BCUT2D eigenvalue weighted by molar-refractivity contribution is -0.0229. The number of hydrogen-bond acceptors (Lipinski definition) is 4. The molecule has 0 fully saturated rings. The number of fused-ring (bicyclic) bond motifs is 1. The van der Waals surface area contributed by atoms with E-state index in [-0.39, 0.29) is 6.10 Å². The molecule has 0 saturated heterocycles. The lowest BCUT2D eigenvalue weighted by Gasteiger charge is -2.24. The van der Waals surface area contributed by atoms with E-state index in [4.69, 9.17) is 9.47 Å². The van der Waals surface area contributed by atoms with Crippen molar-refractivity contribution in [3.63, 3.8) is 0 Å². The van der Waals surface area contributed by atoms with Gasteiger partial charge in [0.2, 0.25) is 0 Å². The minimum atomic E-state index is -0.905. The number of amides is 1. The zero-order valence-electron chi connectivity index (χ0n) is 13.2. The van der Waals surface area contributed by atoms with Gasteiger partial charge in [0.15, 0.2) is 0 Å². The van der Waals surface area contributed by atoms with Crippen LogP contribution in [0.5, 0.6) is 5.75 Å². The first-order valence-corrected chi connectivity index (χ1v) is 7.06.